The summed E-state index contributed by atoms with van der Waals surface area (Å²) in [6.45, 7) is 2.25. The van der Waals surface area contributed by atoms with Gasteiger partial charge in [-0.2, -0.15) is 0 Å². The lowest BCUT2D eigenvalue weighted by Gasteiger charge is -2.27. The third kappa shape index (κ3) is 4.12. The number of carbonyl (C=O) groups is 1. The molecule has 1 fully saturated rings. The quantitative estimate of drug-likeness (QED) is 0.645. The van der Waals surface area contributed by atoms with E-state index in [0.717, 1.165) is 34.1 Å². The van der Waals surface area contributed by atoms with Crippen molar-refractivity contribution in [2.45, 2.75) is 56.8 Å². The second kappa shape index (κ2) is 8.34. The average Bonchev–Trinajstić information content (AvgIpc) is 3.02. The van der Waals surface area contributed by atoms with Crippen LogP contribution in [0.4, 0.5) is 5.13 Å². The van der Waals surface area contributed by atoms with Crippen LogP contribution in [0, 0.1) is 11.8 Å². The molecule has 3 rings (SSSR count). The van der Waals surface area contributed by atoms with Crippen molar-refractivity contribution in [2.75, 3.05) is 11.6 Å². The van der Waals surface area contributed by atoms with E-state index in [0.29, 0.717) is 0 Å². The van der Waals surface area contributed by atoms with Crippen molar-refractivity contribution < 1.29 is 4.79 Å². The minimum absolute atomic E-state index is 0.161. The highest BCUT2D eigenvalue weighted by Gasteiger charge is 2.26. The van der Waals surface area contributed by atoms with Crippen LogP contribution in [0.5, 0.6) is 0 Å². The van der Waals surface area contributed by atoms with Gasteiger partial charge in [-0.1, -0.05) is 43.6 Å². The highest BCUT2D eigenvalue weighted by atomic mass is 32.2. The molecule has 0 unspecified atom stereocenters. The number of para-hydroxylation sites is 1. The van der Waals surface area contributed by atoms with Gasteiger partial charge < -0.3 is 5.32 Å². The second-order valence-corrected chi connectivity index (χ2v) is 8.55. The van der Waals surface area contributed by atoms with E-state index in [9.17, 15) is 4.79 Å². The van der Waals surface area contributed by atoms with Crippen molar-refractivity contribution >= 4 is 44.4 Å². The summed E-state index contributed by atoms with van der Waals surface area (Å²) in [5.74, 6) is 1.16. The number of anilines is 1. The largest absolute Gasteiger partial charge is 0.302 e. The first kappa shape index (κ1) is 17.7. The van der Waals surface area contributed by atoms with Gasteiger partial charge in [0.15, 0.2) is 5.13 Å². The van der Waals surface area contributed by atoms with Gasteiger partial charge >= 0.3 is 0 Å². The Morgan fingerprint density at radius 3 is 2.83 bits per heavy atom. The zero-order chi connectivity index (χ0) is 16.9. The molecule has 0 aliphatic heterocycles. The van der Waals surface area contributed by atoms with Crippen LogP contribution >= 0.6 is 23.1 Å². The Kier molecular flexibility index (Phi) is 6.17. The van der Waals surface area contributed by atoms with Gasteiger partial charge in [-0.05, 0) is 50.0 Å². The van der Waals surface area contributed by atoms with Crippen molar-refractivity contribution in [2.24, 2.45) is 11.8 Å². The molecule has 0 radical (unpaired) electrons. The number of hydrogen-bond donors (Lipinski definition) is 1. The average molecular weight is 363 g/mol. The first-order valence-electron chi connectivity index (χ1n) is 8.95. The summed E-state index contributed by atoms with van der Waals surface area (Å²) in [5, 5.41) is 3.81. The summed E-state index contributed by atoms with van der Waals surface area (Å²) in [5.41, 5.74) is 1.01. The van der Waals surface area contributed by atoms with Gasteiger partial charge in [0.1, 0.15) is 0 Å². The molecule has 1 aromatic heterocycles. The van der Waals surface area contributed by atoms with Crippen molar-refractivity contribution in [3.63, 3.8) is 0 Å². The fourth-order valence-electron chi connectivity index (χ4n) is 3.56. The molecule has 1 amide bonds. The standard InChI is InChI=1S/C19H26N2OS2/c1-3-4-6-13-9-11-14(12-10-13)18(22)21-19-20-17-15(23-2)7-5-8-16(17)24-19/h5,7-8,13-14H,3-4,6,9-12H2,1-2H3,(H,20,21,22). The predicted molar refractivity (Wildman–Crippen MR) is 105 cm³/mol. The molecule has 1 heterocycles. The molecule has 2 aromatic rings. The number of nitrogens with zero attached hydrogens (tertiary/aromatic N) is 1. The molecular weight excluding hydrogens is 336 g/mol. The first-order chi connectivity index (χ1) is 11.7. The zero-order valence-electron chi connectivity index (χ0n) is 14.5. The van der Waals surface area contributed by atoms with Crippen LogP contribution in [0.2, 0.25) is 0 Å². The Bertz CT molecular complexity index is 690. The van der Waals surface area contributed by atoms with Gasteiger partial charge in [-0.25, -0.2) is 4.98 Å². The molecule has 1 saturated carbocycles. The van der Waals surface area contributed by atoms with Gasteiger partial charge in [0, 0.05) is 10.8 Å². The molecule has 1 N–H and O–H groups in total. The Morgan fingerprint density at radius 2 is 2.12 bits per heavy atom. The predicted octanol–water partition coefficient (Wildman–Crippen LogP) is 5.95. The van der Waals surface area contributed by atoms with Crippen LogP contribution in [-0.2, 0) is 4.79 Å². The maximum atomic E-state index is 12.6. The highest BCUT2D eigenvalue weighted by molar-refractivity contribution is 7.98. The monoisotopic (exact) mass is 362 g/mol. The number of benzene rings is 1. The molecular formula is C19H26N2OS2. The minimum atomic E-state index is 0.161. The molecule has 0 atom stereocenters. The summed E-state index contributed by atoms with van der Waals surface area (Å²) in [6.07, 6.45) is 10.5. The lowest BCUT2D eigenvalue weighted by molar-refractivity contribution is -0.121. The zero-order valence-corrected chi connectivity index (χ0v) is 16.1. The Hall–Kier alpha value is -1.07. The van der Waals surface area contributed by atoms with Crippen LogP contribution in [0.3, 0.4) is 0 Å². The number of thioether (sulfide) groups is 1. The fraction of sp³-hybridized carbons (Fsp3) is 0.579. The number of amides is 1. The highest BCUT2D eigenvalue weighted by Crippen LogP contribution is 2.35. The summed E-state index contributed by atoms with van der Waals surface area (Å²) in [4.78, 5) is 18.4. The normalized spacial score (nSPS) is 21.1. The van der Waals surface area contributed by atoms with Crippen molar-refractivity contribution in [3.05, 3.63) is 18.2 Å². The van der Waals surface area contributed by atoms with E-state index in [2.05, 4.69) is 41.7 Å². The smallest absolute Gasteiger partial charge is 0.229 e. The topological polar surface area (TPSA) is 42.0 Å². The third-order valence-electron chi connectivity index (χ3n) is 5.02. The van der Waals surface area contributed by atoms with E-state index in [1.807, 2.05) is 0 Å². The van der Waals surface area contributed by atoms with Gasteiger partial charge in [0.25, 0.3) is 0 Å². The van der Waals surface area contributed by atoms with E-state index in [1.54, 1.807) is 23.1 Å². The van der Waals surface area contributed by atoms with E-state index in [-0.39, 0.29) is 11.8 Å². The molecule has 0 saturated heterocycles. The number of aromatic nitrogens is 1. The molecule has 24 heavy (non-hydrogen) atoms. The van der Waals surface area contributed by atoms with Crippen LogP contribution in [-0.4, -0.2) is 17.1 Å². The number of fused-ring (bicyclic) bond motifs is 1. The molecule has 1 aliphatic carbocycles. The van der Waals surface area contributed by atoms with Crippen LogP contribution < -0.4 is 5.32 Å². The van der Waals surface area contributed by atoms with Gasteiger partial charge in [0.2, 0.25) is 5.91 Å². The van der Waals surface area contributed by atoms with Crippen LogP contribution in [0.25, 0.3) is 10.2 Å². The lowest BCUT2D eigenvalue weighted by atomic mass is 9.79. The van der Waals surface area contributed by atoms with Crippen LogP contribution in [0.1, 0.15) is 51.9 Å². The fourth-order valence-corrected chi connectivity index (χ4v) is 5.08. The van der Waals surface area contributed by atoms with E-state index in [1.165, 1.54) is 37.0 Å². The molecule has 130 valence electrons. The molecule has 0 bridgehead atoms. The summed E-state index contributed by atoms with van der Waals surface area (Å²) >= 11 is 3.27. The van der Waals surface area contributed by atoms with Gasteiger partial charge in [-0.3, -0.25) is 4.79 Å². The lowest BCUT2D eigenvalue weighted by Crippen LogP contribution is -2.27. The second-order valence-electron chi connectivity index (χ2n) is 6.68. The minimum Gasteiger partial charge on any atom is -0.302 e. The Labute approximate surface area is 152 Å². The van der Waals surface area contributed by atoms with Gasteiger partial charge in [-0.15, -0.1) is 11.8 Å². The maximum Gasteiger partial charge on any atom is 0.229 e. The van der Waals surface area contributed by atoms with Crippen LogP contribution in [0.15, 0.2) is 23.1 Å². The molecule has 5 heteroatoms. The summed E-state index contributed by atoms with van der Waals surface area (Å²) in [6, 6.07) is 6.20. The third-order valence-corrected chi connectivity index (χ3v) is 6.72. The van der Waals surface area contributed by atoms with Gasteiger partial charge in [0.05, 0.1) is 10.2 Å². The number of unbranched alkanes of at least 4 members (excludes halogenated alkanes) is 1. The molecule has 0 spiro atoms. The molecule has 3 nitrogen and oxygen atoms in total. The van der Waals surface area contributed by atoms with Crippen molar-refractivity contribution in [3.8, 4) is 0 Å². The molecule has 1 aliphatic rings. The first-order valence-corrected chi connectivity index (χ1v) is 11.0. The van der Waals surface area contributed by atoms with Crippen molar-refractivity contribution in [1.29, 1.82) is 0 Å². The maximum absolute atomic E-state index is 12.6. The van der Waals surface area contributed by atoms with E-state index < -0.39 is 0 Å². The Balaban J connectivity index is 1.59. The van der Waals surface area contributed by atoms with E-state index in [4.69, 9.17) is 0 Å². The number of rotatable bonds is 6. The summed E-state index contributed by atoms with van der Waals surface area (Å²) < 4.78 is 1.14. The number of nitrogens with one attached hydrogen (secondary N) is 1. The van der Waals surface area contributed by atoms with E-state index >= 15 is 0 Å². The van der Waals surface area contributed by atoms with Crippen molar-refractivity contribution in [1.82, 2.24) is 4.98 Å². The molecule has 1 aromatic carbocycles. The number of hydrogen-bond acceptors (Lipinski definition) is 4. The number of carbonyl (C=O) groups excluding carboxylic acids is 1. The Morgan fingerprint density at radius 1 is 1.33 bits per heavy atom. The summed E-state index contributed by atoms with van der Waals surface area (Å²) in [7, 11) is 0. The SMILES string of the molecule is CCCCC1CCC(C(=O)Nc2nc3c(SC)cccc3s2)CC1. The number of thiazole rings is 1.